The van der Waals surface area contributed by atoms with Gasteiger partial charge in [-0.05, 0) is 67.2 Å². The van der Waals surface area contributed by atoms with E-state index >= 15 is 0 Å². The molecule has 6 nitrogen and oxygen atoms in total. The Labute approximate surface area is 200 Å². The second kappa shape index (κ2) is 9.74. The summed E-state index contributed by atoms with van der Waals surface area (Å²) in [7, 11) is 0. The van der Waals surface area contributed by atoms with E-state index in [0.29, 0.717) is 25.6 Å². The smallest absolute Gasteiger partial charge is 0.409 e. The molecule has 2 aliphatic heterocycles. The van der Waals surface area contributed by atoms with Crippen molar-refractivity contribution in [2.24, 2.45) is 5.92 Å². The lowest BCUT2D eigenvalue weighted by molar-refractivity contribution is 0.0900. The summed E-state index contributed by atoms with van der Waals surface area (Å²) in [6.45, 7) is 7.58. The summed E-state index contributed by atoms with van der Waals surface area (Å²) in [5.74, 6) is 0.550. The Bertz CT molecular complexity index is 1040. The van der Waals surface area contributed by atoms with Gasteiger partial charge in [0.2, 0.25) is 0 Å². The molecular weight excluding hydrogens is 436 g/mol. The number of rotatable bonds is 3. The van der Waals surface area contributed by atoms with E-state index < -0.39 is 0 Å². The fourth-order valence-electron chi connectivity index (χ4n) is 5.48. The first kappa shape index (κ1) is 22.2. The summed E-state index contributed by atoms with van der Waals surface area (Å²) >= 11 is 6.47. The zero-order chi connectivity index (χ0) is 22.8. The third-order valence-corrected chi connectivity index (χ3v) is 7.31. The monoisotopic (exact) mass is 466 g/mol. The van der Waals surface area contributed by atoms with Crippen LogP contribution in [0.4, 0.5) is 4.79 Å². The maximum Gasteiger partial charge on any atom is 0.409 e. The number of hydrogen-bond donors (Lipinski definition) is 1. The molecule has 7 heteroatoms. The molecule has 1 N–H and O–H groups in total. The molecule has 1 aromatic heterocycles. The number of fused-ring (bicyclic) bond motifs is 2. The van der Waals surface area contributed by atoms with Gasteiger partial charge in [-0.25, -0.2) is 4.79 Å². The molecule has 3 aliphatic rings. The number of halogens is 1. The number of pyridine rings is 1. The Kier molecular flexibility index (Phi) is 6.56. The van der Waals surface area contributed by atoms with E-state index in [4.69, 9.17) is 21.3 Å². The molecule has 2 saturated heterocycles. The van der Waals surface area contributed by atoms with E-state index in [1.54, 1.807) is 0 Å². The molecule has 1 amide bonds. The van der Waals surface area contributed by atoms with Crippen LogP contribution < -0.4 is 5.32 Å². The van der Waals surface area contributed by atoms with E-state index in [1.807, 2.05) is 30.2 Å². The number of nitrogens with one attached hydrogen (secondary N) is 1. The Morgan fingerprint density at radius 1 is 1.18 bits per heavy atom. The number of benzene rings is 1. The third kappa shape index (κ3) is 4.46. The van der Waals surface area contributed by atoms with Gasteiger partial charge in [-0.2, -0.15) is 0 Å². The highest BCUT2D eigenvalue weighted by Gasteiger charge is 2.36. The number of carbonyl (C=O) groups is 1. The van der Waals surface area contributed by atoms with Gasteiger partial charge in [0.15, 0.2) is 0 Å². The first-order chi connectivity index (χ1) is 16.2. The van der Waals surface area contributed by atoms with Crippen molar-refractivity contribution in [3.63, 3.8) is 0 Å². The number of piperidine rings is 1. The van der Waals surface area contributed by atoms with Crippen molar-refractivity contribution in [2.75, 3.05) is 45.9 Å². The molecule has 0 bridgehead atoms. The maximum atomic E-state index is 12.2. The topological polar surface area (TPSA) is 57.7 Å². The van der Waals surface area contributed by atoms with Crippen LogP contribution in [0.1, 0.15) is 48.1 Å². The molecule has 0 saturated carbocycles. The molecule has 1 atom stereocenters. The summed E-state index contributed by atoms with van der Waals surface area (Å²) < 4.78 is 5.23. The lowest BCUT2D eigenvalue weighted by Gasteiger charge is -2.36. The van der Waals surface area contributed by atoms with Crippen molar-refractivity contribution in [1.82, 2.24) is 20.1 Å². The second-order valence-electron chi connectivity index (χ2n) is 8.98. The van der Waals surface area contributed by atoms with Crippen molar-refractivity contribution in [3.8, 4) is 0 Å². The zero-order valence-corrected chi connectivity index (χ0v) is 19.9. The minimum absolute atomic E-state index is 0.162. The fourth-order valence-corrected chi connectivity index (χ4v) is 5.66. The van der Waals surface area contributed by atoms with Crippen LogP contribution in [-0.2, 0) is 4.74 Å². The van der Waals surface area contributed by atoms with Gasteiger partial charge in [0.05, 0.1) is 12.3 Å². The van der Waals surface area contributed by atoms with Gasteiger partial charge >= 0.3 is 6.09 Å². The number of aromatic nitrogens is 1. The number of piperazine rings is 1. The summed E-state index contributed by atoms with van der Waals surface area (Å²) in [6.07, 6.45) is 5.86. The maximum absolute atomic E-state index is 12.2. The van der Waals surface area contributed by atoms with Gasteiger partial charge in [0, 0.05) is 67.7 Å². The van der Waals surface area contributed by atoms with Crippen LogP contribution >= 0.6 is 11.6 Å². The highest BCUT2D eigenvalue weighted by atomic mass is 35.5. The van der Waals surface area contributed by atoms with Crippen molar-refractivity contribution in [1.29, 1.82) is 0 Å². The normalized spacial score (nSPS) is 21.0. The van der Waals surface area contributed by atoms with Gasteiger partial charge in [0.1, 0.15) is 0 Å². The molecule has 2 fully saturated rings. The van der Waals surface area contributed by atoms with E-state index in [0.717, 1.165) is 49.7 Å². The predicted molar refractivity (Wildman–Crippen MR) is 131 cm³/mol. The predicted octanol–water partition coefficient (Wildman–Crippen LogP) is 4.45. The standard InChI is InChI=1S/C26H31ClN4O2/c1-2-33-26(32)31-12-7-18(8-13-31)24-21-6-5-20(27)16-19(21)17-23(30-14-10-28-11-15-30)22-4-3-9-29-25(22)24/h3-6,9,16-18,24,28H,2,7-8,10-15H2,1H3. The Hall–Kier alpha value is -2.57. The Balaban J connectivity index is 1.54. The van der Waals surface area contributed by atoms with Gasteiger partial charge < -0.3 is 19.9 Å². The highest BCUT2D eigenvalue weighted by Crippen LogP contribution is 2.45. The van der Waals surface area contributed by atoms with E-state index in [9.17, 15) is 4.79 Å². The average Bonchev–Trinajstić information content (AvgIpc) is 2.99. The number of ether oxygens (including phenoxy) is 1. The van der Waals surface area contributed by atoms with Crippen LogP contribution in [0.15, 0.2) is 36.5 Å². The minimum Gasteiger partial charge on any atom is -0.450 e. The number of likely N-dealkylation sites (tertiary alicyclic amines) is 1. The van der Waals surface area contributed by atoms with Gasteiger partial charge in [-0.3, -0.25) is 4.98 Å². The summed E-state index contributed by atoms with van der Waals surface area (Å²) in [5.41, 5.74) is 6.03. The SMILES string of the molecule is CCOC(=O)N1CCC(C2c3ccc(Cl)cc3C=C(N3CCNCC3)c3cccnc32)CC1. The van der Waals surface area contributed by atoms with Crippen molar-refractivity contribution >= 4 is 29.5 Å². The molecule has 5 rings (SSSR count). The molecule has 33 heavy (non-hydrogen) atoms. The molecule has 1 aromatic carbocycles. The van der Waals surface area contributed by atoms with E-state index in [1.165, 1.54) is 22.4 Å². The molecule has 1 unspecified atom stereocenters. The average molecular weight is 467 g/mol. The number of hydrogen-bond acceptors (Lipinski definition) is 5. The zero-order valence-electron chi connectivity index (χ0n) is 19.1. The van der Waals surface area contributed by atoms with Crippen molar-refractivity contribution in [3.05, 3.63) is 63.9 Å². The van der Waals surface area contributed by atoms with Crippen molar-refractivity contribution in [2.45, 2.75) is 25.7 Å². The van der Waals surface area contributed by atoms with E-state index in [-0.39, 0.29) is 12.0 Å². The van der Waals surface area contributed by atoms with Crippen LogP contribution in [0.2, 0.25) is 5.02 Å². The van der Waals surface area contributed by atoms with Crippen LogP contribution in [-0.4, -0.2) is 66.8 Å². The largest absolute Gasteiger partial charge is 0.450 e. The van der Waals surface area contributed by atoms with Gasteiger partial charge in [0.25, 0.3) is 0 Å². The summed E-state index contributed by atoms with van der Waals surface area (Å²) in [6, 6.07) is 10.5. The van der Waals surface area contributed by atoms with Gasteiger partial charge in [-0.1, -0.05) is 17.7 Å². The fraction of sp³-hybridized carbons (Fsp3) is 0.462. The van der Waals surface area contributed by atoms with E-state index in [2.05, 4.69) is 34.5 Å². The first-order valence-corrected chi connectivity index (χ1v) is 12.4. The summed E-state index contributed by atoms with van der Waals surface area (Å²) in [5, 5.41) is 4.21. The van der Waals surface area contributed by atoms with Crippen molar-refractivity contribution < 1.29 is 9.53 Å². The number of nitrogens with zero attached hydrogens (tertiary/aromatic N) is 3. The van der Waals surface area contributed by atoms with Crippen LogP contribution in [0, 0.1) is 5.92 Å². The lowest BCUT2D eigenvalue weighted by Crippen LogP contribution is -2.42. The van der Waals surface area contributed by atoms with Crippen LogP contribution in [0.25, 0.3) is 11.8 Å². The highest BCUT2D eigenvalue weighted by molar-refractivity contribution is 6.30. The third-order valence-electron chi connectivity index (χ3n) is 7.08. The van der Waals surface area contributed by atoms with Gasteiger partial charge in [-0.15, -0.1) is 0 Å². The molecule has 0 radical (unpaired) electrons. The molecule has 174 valence electrons. The molecule has 3 heterocycles. The van der Waals surface area contributed by atoms with Crippen LogP contribution in [0.5, 0.6) is 0 Å². The molecular formula is C26H31ClN4O2. The number of carbonyl (C=O) groups excluding carboxylic acids is 1. The van der Waals surface area contributed by atoms with Crippen LogP contribution in [0.3, 0.4) is 0 Å². The first-order valence-electron chi connectivity index (χ1n) is 12.0. The minimum atomic E-state index is -0.204. The molecule has 2 aromatic rings. The molecule has 0 spiro atoms. The Morgan fingerprint density at radius 3 is 2.73 bits per heavy atom. The lowest BCUT2D eigenvalue weighted by atomic mass is 9.76. The molecule has 1 aliphatic carbocycles. The Morgan fingerprint density at radius 2 is 1.97 bits per heavy atom. The summed E-state index contributed by atoms with van der Waals surface area (Å²) in [4.78, 5) is 21.5. The number of amides is 1. The quantitative estimate of drug-likeness (QED) is 0.724. The second-order valence-corrected chi connectivity index (χ2v) is 9.41.